The predicted octanol–water partition coefficient (Wildman–Crippen LogP) is -0.896. The molecule has 0 atom stereocenters. The van der Waals surface area contributed by atoms with E-state index in [1.54, 1.807) is 6.07 Å². The molecule has 12 heavy (non-hydrogen) atoms. The van der Waals surface area contributed by atoms with Crippen LogP contribution in [0.2, 0.25) is 0 Å². The third kappa shape index (κ3) is 0.763. The van der Waals surface area contributed by atoms with Crippen molar-refractivity contribution in [3.8, 4) is 0 Å². The maximum Gasteiger partial charge on any atom is 0.284 e. The highest BCUT2D eigenvalue weighted by Crippen LogP contribution is 1.87. The van der Waals surface area contributed by atoms with E-state index in [0.29, 0.717) is 5.65 Å². The van der Waals surface area contributed by atoms with Crippen molar-refractivity contribution in [3.05, 3.63) is 34.0 Å². The molecule has 0 saturated carbocycles. The van der Waals surface area contributed by atoms with Crippen LogP contribution in [0.1, 0.15) is 0 Å². The SMILES string of the molecule is O=c1c(=CO)cnc2ccnn12. The summed E-state index contributed by atoms with van der Waals surface area (Å²) in [6.07, 6.45) is 3.50. The molecule has 0 bridgehead atoms. The molecule has 60 valence electrons. The fraction of sp³-hybridized carbons (Fsp3) is 0. The molecule has 0 aliphatic rings. The van der Waals surface area contributed by atoms with Crippen LogP contribution < -0.4 is 10.8 Å². The summed E-state index contributed by atoms with van der Waals surface area (Å²) in [4.78, 5) is 15.2. The number of aliphatic hydroxyl groups excluding tert-OH is 1. The van der Waals surface area contributed by atoms with Gasteiger partial charge in [-0.2, -0.15) is 9.61 Å². The summed E-state index contributed by atoms with van der Waals surface area (Å²) in [6, 6.07) is 1.61. The van der Waals surface area contributed by atoms with Crippen LogP contribution in [0.25, 0.3) is 11.9 Å². The highest BCUT2D eigenvalue weighted by atomic mass is 16.2. The van der Waals surface area contributed by atoms with Gasteiger partial charge in [-0.1, -0.05) is 0 Å². The molecule has 1 N–H and O–H groups in total. The summed E-state index contributed by atoms with van der Waals surface area (Å²) in [5.74, 6) is 0. The van der Waals surface area contributed by atoms with Crippen LogP contribution in [0, 0.1) is 0 Å². The van der Waals surface area contributed by atoms with E-state index < -0.39 is 0 Å². The van der Waals surface area contributed by atoms with Crippen LogP contribution in [-0.4, -0.2) is 19.7 Å². The van der Waals surface area contributed by atoms with E-state index >= 15 is 0 Å². The van der Waals surface area contributed by atoms with Crippen LogP contribution in [0.3, 0.4) is 0 Å². The maximum atomic E-state index is 11.3. The Hall–Kier alpha value is -1.91. The molecule has 2 rings (SSSR count). The molecule has 5 heteroatoms. The molecule has 0 saturated heterocycles. The van der Waals surface area contributed by atoms with E-state index in [0.717, 1.165) is 10.8 Å². The first-order valence-corrected chi connectivity index (χ1v) is 3.30. The fourth-order valence-corrected chi connectivity index (χ4v) is 0.952. The minimum atomic E-state index is -0.368. The second-order valence-electron chi connectivity index (χ2n) is 2.25. The lowest BCUT2D eigenvalue weighted by Crippen LogP contribution is -2.31. The second-order valence-corrected chi connectivity index (χ2v) is 2.25. The van der Waals surface area contributed by atoms with E-state index in [1.165, 1.54) is 12.4 Å². The largest absolute Gasteiger partial charge is 0.515 e. The highest BCUT2D eigenvalue weighted by Gasteiger charge is 1.98. The molecule has 5 nitrogen and oxygen atoms in total. The van der Waals surface area contributed by atoms with Gasteiger partial charge in [0.05, 0.1) is 17.7 Å². The molecule has 0 spiro atoms. The van der Waals surface area contributed by atoms with Crippen LogP contribution in [0.4, 0.5) is 0 Å². The smallest absolute Gasteiger partial charge is 0.284 e. The monoisotopic (exact) mass is 163 g/mol. The topological polar surface area (TPSA) is 67.5 Å². The molecule has 0 amide bonds. The van der Waals surface area contributed by atoms with Gasteiger partial charge in [-0.05, 0) is 0 Å². The molecule has 0 aliphatic carbocycles. The lowest BCUT2D eigenvalue weighted by molar-refractivity contribution is 0.539. The molecule has 2 aromatic rings. The first-order valence-electron chi connectivity index (χ1n) is 3.30. The summed E-state index contributed by atoms with van der Waals surface area (Å²) in [5, 5.41) is 12.5. The van der Waals surface area contributed by atoms with Crippen molar-refractivity contribution in [2.24, 2.45) is 0 Å². The van der Waals surface area contributed by atoms with E-state index in [1.807, 2.05) is 0 Å². The van der Waals surface area contributed by atoms with Crippen molar-refractivity contribution >= 4 is 11.9 Å². The normalized spacial score (nSPS) is 12.5. The van der Waals surface area contributed by atoms with Crippen molar-refractivity contribution in [3.63, 3.8) is 0 Å². The Morgan fingerprint density at radius 3 is 3.17 bits per heavy atom. The van der Waals surface area contributed by atoms with Gasteiger partial charge in [-0.3, -0.25) is 4.79 Å². The van der Waals surface area contributed by atoms with Crippen molar-refractivity contribution in [2.45, 2.75) is 0 Å². The van der Waals surface area contributed by atoms with Gasteiger partial charge in [0.15, 0.2) is 5.65 Å². The minimum Gasteiger partial charge on any atom is -0.515 e. The Balaban J connectivity index is 3.08. The standard InChI is InChI=1S/C7H5N3O2/c11-4-5-3-8-6-1-2-9-10(6)7(5)12/h1-4,11H. The molecule has 0 radical (unpaired) electrons. The average Bonchev–Trinajstić information content (AvgIpc) is 2.53. The zero-order valence-corrected chi connectivity index (χ0v) is 6.01. The number of fused-ring (bicyclic) bond motifs is 1. The number of rotatable bonds is 0. The summed E-state index contributed by atoms with van der Waals surface area (Å²) >= 11 is 0. The third-order valence-electron chi connectivity index (χ3n) is 1.54. The number of hydrogen-bond acceptors (Lipinski definition) is 4. The highest BCUT2D eigenvalue weighted by molar-refractivity contribution is 5.35. The number of aromatic nitrogens is 3. The Morgan fingerprint density at radius 2 is 2.42 bits per heavy atom. The van der Waals surface area contributed by atoms with E-state index in [9.17, 15) is 4.79 Å². The van der Waals surface area contributed by atoms with Gasteiger partial charge >= 0.3 is 0 Å². The first-order chi connectivity index (χ1) is 5.83. The lowest BCUT2D eigenvalue weighted by Gasteiger charge is -1.87. The van der Waals surface area contributed by atoms with Crippen LogP contribution in [-0.2, 0) is 0 Å². The van der Waals surface area contributed by atoms with Gasteiger partial charge in [0.25, 0.3) is 5.56 Å². The molecule has 2 aromatic heterocycles. The molecular weight excluding hydrogens is 158 g/mol. The third-order valence-corrected chi connectivity index (χ3v) is 1.54. The lowest BCUT2D eigenvalue weighted by atomic mass is 10.5. The van der Waals surface area contributed by atoms with Gasteiger partial charge in [0.2, 0.25) is 0 Å². The van der Waals surface area contributed by atoms with E-state index in [-0.39, 0.29) is 10.8 Å². The maximum absolute atomic E-state index is 11.3. The van der Waals surface area contributed by atoms with E-state index in [2.05, 4.69) is 10.1 Å². The summed E-state index contributed by atoms with van der Waals surface area (Å²) in [7, 11) is 0. The molecular formula is C7H5N3O2. The molecule has 0 fully saturated rings. The number of nitrogens with zero attached hydrogens (tertiary/aromatic N) is 3. The Labute approximate surface area is 66.6 Å². The molecule has 0 aromatic carbocycles. The summed E-state index contributed by atoms with van der Waals surface area (Å²) in [6.45, 7) is 0. The zero-order chi connectivity index (χ0) is 8.55. The van der Waals surface area contributed by atoms with Gasteiger partial charge in [-0.25, -0.2) is 4.98 Å². The zero-order valence-electron chi connectivity index (χ0n) is 6.01. The first kappa shape index (κ1) is 6.78. The minimum absolute atomic E-state index is 0.131. The quantitative estimate of drug-likeness (QED) is 0.546. The number of aliphatic hydroxyl groups is 1. The van der Waals surface area contributed by atoms with E-state index in [4.69, 9.17) is 5.11 Å². The van der Waals surface area contributed by atoms with Gasteiger partial charge in [0.1, 0.15) is 0 Å². The van der Waals surface area contributed by atoms with Crippen LogP contribution in [0.15, 0.2) is 23.3 Å². The van der Waals surface area contributed by atoms with Crippen molar-refractivity contribution in [1.29, 1.82) is 0 Å². The van der Waals surface area contributed by atoms with Gasteiger partial charge < -0.3 is 5.11 Å². The average molecular weight is 163 g/mol. The number of hydrogen-bond donors (Lipinski definition) is 1. The van der Waals surface area contributed by atoms with Gasteiger partial charge in [0, 0.05) is 12.3 Å². The van der Waals surface area contributed by atoms with Gasteiger partial charge in [-0.15, -0.1) is 0 Å². The summed E-state index contributed by atoms with van der Waals surface area (Å²) < 4.78 is 1.13. The molecule has 0 unspecified atom stereocenters. The Morgan fingerprint density at radius 1 is 1.58 bits per heavy atom. The van der Waals surface area contributed by atoms with Crippen molar-refractivity contribution in [1.82, 2.24) is 14.6 Å². The van der Waals surface area contributed by atoms with Crippen molar-refractivity contribution < 1.29 is 5.11 Å². The molecule has 2 heterocycles. The Bertz CT molecular complexity index is 517. The predicted molar refractivity (Wildman–Crippen MR) is 41.6 cm³/mol. The second kappa shape index (κ2) is 2.30. The summed E-state index contributed by atoms with van der Waals surface area (Å²) in [5.41, 5.74) is 0.109. The fourth-order valence-electron chi connectivity index (χ4n) is 0.952. The Kier molecular flexibility index (Phi) is 1.30. The van der Waals surface area contributed by atoms with Crippen LogP contribution >= 0.6 is 0 Å². The van der Waals surface area contributed by atoms with Crippen LogP contribution in [0.5, 0.6) is 0 Å². The van der Waals surface area contributed by atoms with Crippen molar-refractivity contribution in [2.75, 3.05) is 0 Å². The molecule has 0 aliphatic heterocycles.